The third-order valence-corrected chi connectivity index (χ3v) is 6.19. The average molecular weight is 450 g/mol. The number of methoxy groups -OCH3 is 1. The minimum absolute atomic E-state index is 0.114. The number of carbonyl (C=O) groups excluding carboxylic acids is 1. The van der Waals surface area contributed by atoms with E-state index >= 15 is 0 Å². The quantitative estimate of drug-likeness (QED) is 0.596. The van der Waals surface area contributed by atoms with E-state index in [2.05, 4.69) is 20.5 Å². The first-order valence-electron chi connectivity index (χ1n) is 11.1. The van der Waals surface area contributed by atoms with Gasteiger partial charge in [-0.1, -0.05) is 0 Å². The lowest BCUT2D eigenvalue weighted by Gasteiger charge is -2.21. The molecule has 2 aromatic heterocycles. The number of hydrogen-bond donors (Lipinski definition) is 2. The second-order valence-electron chi connectivity index (χ2n) is 8.24. The van der Waals surface area contributed by atoms with Crippen molar-refractivity contribution in [1.82, 2.24) is 20.1 Å². The van der Waals surface area contributed by atoms with Crippen molar-refractivity contribution in [3.8, 4) is 28.4 Å². The number of likely N-dealkylation sites (tertiary alicyclic amines) is 1. The number of ether oxygens (including phenoxy) is 3. The number of aromatic amines is 1. The van der Waals surface area contributed by atoms with Crippen molar-refractivity contribution in [1.29, 1.82) is 0 Å². The molecule has 0 bridgehead atoms. The molecule has 1 saturated heterocycles. The largest absolute Gasteiger partial charge is 0.496 e. The van der Waals surface area contributed by atoms with Gasteiger partial charge in [-0.2, -0.15) is 5.10 Å². The number of carbonyl (C=O) groups is 1. The Kier molecular flexibility index (Phi) is 5.77. The van der Waals surface area contributed by atoms with Crippen LogP contribution in [0.25, 0.3) is 11.1 Å². The normalized spacial score (nSPS) is 17.2. The van der Waals surface area contributed by atoms with Crippen LogP contribution in [0.4, 0.5) is 5.82 Å². The van der Waals surface area contributed by atoms with Gasteiger partial charge in [0.05, 0.1) is 13.3 Å². The summed E-state index contributed by atoms with van der Waals surface area (Å²) in [5.74, 6) is 3.26. The third kappa shape index (κ3) is 4.30. The number of H-pyrrole nitrogens is 1. The number of benzene rings is 1. The van der Waals surface area contributed by atoms with E-state index in [9.17, 15) is 4.79 Å². The molecule has 0 unspecified atom stereocenters. The Morgan fingerprint density at radius 2 is 2.09 bits per heavy atom. The summed E-state index contributed by atoms with van der Waals surface area (Å²) in [6.45, 7) is 4.70. The van der Waals surface area contributed by atoms with Crippen molar-refractivity contribution < 1.29 is 19.0 Å². The number of nitrogens with zero attached hydrogens (tertiary/aromatic N) is 3. The SMILES string of the molecule is COc1cc2c(cc1CNc1cc(-c3cn[nH]c3[C@H]3CCN(C(C)=O)C3)ccn1)OCCO2. The highest BCUT2D eigenvalue weighted by atomic mass is 16.6. The lowest BCUT2D eigenvalue weighted by Crippen LogP contribution is -2.25. The van der Waals surface area contributed by atoms with E-state index in [4.69, 9.17) is 14.2 Å². The maximum Gasteiger partial charge on any atom is 0.219 e. The van der Waals surface area contributed by atoms with Crippen LogP contribution in [-0.2, 0) is 11.3 Å². The average Bonchev–Trinajstić information content (AvgIpc) is 3.52. The molecule has 2 aliphatic rings. The predicted octanol–water partition coefficient (Wildman–Crippen LogP) is 3.20. The molecular formula is C24H27N5O4. The van der Waals surface area contributed by atoms with E-state index in [1.807, 2.05) is 35.4 Å². The summed E-state index contributed by atoms with van der Waals surface area (Å²) < 4.78 is 16.9. The van der Waals surface area contributed by atoms with Crippen LogP contribution in [0.3, 0.4) is 0 Å². The fourth-order valence-electron chi connectivity index (χ4n) is 4.44. The van der Waals surface area contributed by atoms with E-state index in [0.717, 1.165) is 52.7 Å². The summed E-state index contributed by atoms with van der Waals surface area (Å²) in [7, 11) is 1.64. The highest BCUT2D eigenvalue weighted by Crippen LogP contribution is 2.37. The zero-order valence-electron chi connectivity index (χ0n) is 18.8. The molecule has 3 aromatic rings. The van der Waals surface area contributed by atoms with Crippen LogP contribution in [0.15, 0.2) is 36.7 Å². The molecule has 0 spiro atoms. The van der Waals surface area contributed by atoms with Crippen LogP contribution >= 0.6 is 0 Å². The van der Waals surface area contributed by atoms with Crippen molar-refractivity contribution in [3.05, 3.63) is 47.9 Å². The van der Waals surface area contributed by atoms with Gasteiger partial charge in [-0.25, -0.2) is 4.98 Å². The molecule has 5 rings (SSSR count). The maximum absolute atomic E-state index is 11.7. The number of pyridine rings is 1. The van der Waals surface area contributed by atoms with E-state index in [1.54, 1.807) is 20.2 Å². The molecule has 33 heavy (non-hydrogen) atoms. The smallest absolute Gasteiger partial charge is 0.219 e. The molecule has 2 N–H and O–H groups in total. The Balaban J connectivity index is 1.33. The van der Waals surface area contributed by atoms with Gasteiger partial charge < -0.3 is 24.4 Å². The van der Waals surface area contributed by atoms with Crippen molar-refractivity contribution in [2.24, 2.45) is 0 Å². The Morgan fingerprint density at radius 3 is 2.85 bits per heavy atom. The van der Waals surface area contributed by atoms with E-state index in [-0.39, 0.29) is 11.8 Å². The zero-order chi connectivity index (χ0) is 22.8. The minimum atomic E-state index is 0.114. The van der Waals surface area contributed by atoms with E-state index in [1.165, 1.54) is 0 Å². The minimum Gasteiger partial charge on any atom is -0.496 e. The Labute approximate surface area is 192 Å². The van der Waals surface area contributed by atoms with Crippen molar-refractivity contribution in [2.75, 3.05) is 38.7 Å². The highest BCUT2D eigenvalue weighted by Gasteiger charge is 2.28. The first-order valence-corrected chi connectivity index (χ1v) is 11.1. The van der Waals surface area contributed by atoms with E-state index in [0.29, 0.717) is 32.1 Å². The molecule has 4 heterocycles. The summed E-state index contributed by atoms with van der Waals surface area (Å²) in [6, 6.07) is 7.79. The summed E-state index contributed by atoms with van der Waals surface area (Å²) >= 11 is 0. The second-order valence-corrected chi connectivity index (χ2v) is 8.24. The number of fused-ring (bicyclic) bond motifs is 1. The molecule has 9 heteroatoms. The van der Waals surface area contributed by atoms with Crippen molar-refractivity contribution in [2.45, 2.75) is 25.8 Å². The number of rotatable bonds is 6. The lowest BCUT2D eigenvalue weighted by atomic mass is 9.97. The first kappa shape index (κ1) is 21.1. The molecule has 2 aliphatic heterocycles. The molecule has 1 fully saturated rings. The highest BCUT2D eigenvalue weighted by molar-refractivity contribution is 5.74. The number of anilines is 1. The van der Waals surface area contributed by atoms with Crippen LogP contribution in [0, 0.1) is 0 Å². The topological polar surface area (TPSA) is 102 Å². The Morgan fingerprint density at radius 1 is 1.27 bits per heavy atom. The van der Waals surface area contributed by atoms with Gasteiger partial charge in [0.2, 0.25) is 5.91 Å². The van der Waals surface area contributed by atoms with Gasteiger partial charge in [-0.15, -0.1) is 0 Å². The first-order chi connectivity index (χ1) is 16.1. The predicted molar refractivity (Wildman–Crippen MR) is 123 cm³/mol. The van der Waals surface area contributed by atoms with Crippen LogP contribution in [0.2, 0.25) is 0 Å². The van der Waals surface area contributed by atoms with Crippen LogP contribution in [0.1, 0.15) is 30.5 Å². The zero-order valence-corrected chi connectivity index (χ0v) is 18.8. The summed E-state index contributed by atoms with van der Waals surface area (Å²) in [5, 5.41) is 10.8. The summed E-state index contributed by atoms with van der Waals surface area (Å²) in [4.78, 5) is 18.1. The van der Waals surface area contributed by atoms with Crippen LogP contribution < -0.4 is 19.5 Å². The van der Waals surface area contributed by atoms with Gasteiger partial charge >= 0.3 is 0 Å². The molecule has 1 atom stereocenters. The molecular weight excluding hydrogens is 422 g/mol. The standard InChI is InChI=1S/C24H27N5O4/c1-15(30)29-6-4-17(14-29)24-19(13-27-28-24)16-3-5-25-23(10-16)26-12-18-9-21-22(11-20(18)31-2)33-8-7-32-21/h3,5,9-11,13,17H,4,6-8,12,14H2,1-2H3,(H,25,26)(H,27,28)/t17-/m0/s1. The molecule has 0 radical (unpaired) electrons. The molecule has 0 aliphatic carbocycles. The molecule has 9 nitrogen and oxygen atoms in total. The van der Waals surface area contributed by atoms with Crippen LogP contribution in [0.5, 0.6) is 17.2 Å². The van der Waals surface area contributed by atoms with Gasteiger partial charge in [0, 0.05) is 61.6 Å². The third-order valence-electron chi connectivity index (χ3n) is 6.19. The summed E-state index contributed by atoms with van der Waals surface area (Å²) in [5.41, 5.74) is 4.07. The maximum atomic E-state index is 11.7. The fraction of sp³-hybridized carbons (Fsp3) is 0.375. The molecule has 1 aromatic carbocycles. The van der Waals surface area contributed by atoms with Crippen molar-refractivity contribution >= 4 is 11.7 Å². The van der Waals surface area contributed by atoms with Gasteiger partial charge in [0.1, 0.15) is 24.8 Å². The van der Waals surface area contributed by atoms with Crippen molar-refractivity contribution in [3.63, 3.8) is 0 Å². The van der Waals surface area contributed by atoms with Gasteiger partial charge in [0.15, 0.2) is 11.5 Å². The summed E-state index contributed by atoms with van der Waals surface area (Å²) in [6.07, 6.45) is 4.55. The van der Waals surface area contributed by atoms with Gasteiger partial charge in [-0.05, 0) is 30.2 Å². The van der Waals surface area contributed by atoms with Crippen LogP contribution in [-0.4, -0.2) is 59.4 Å². The lowest BCUT2D eigenvalue weighted by molar-refractivity contribution is -0.127. The number of nitrogens with one attached hydrogen (secondary N) is 2. The monoisotopic (exact) mass is 449 g/mol. The van der Waals surface area contributed by atoms with E-state index < -0.39 is 0 Å². The molecule has 172 valence electrons. The van der Waals surface area contributed by atoms with Gasteiger partial charge in [-0.3, -0.25) is 9.89 Å². The number of hydrogen-bond acceptors (Lipinski definition) is 7. The number of amides is 1. The Hall–Kier alpha value is -3.75. The fourth-order valence-corrected chi connectivity index (χ4v) is 4.44. The second kappa shape index (κ2) is 9.01. The number of aromatic nitrogens is 3. The van der Waals surface area contributed by atoms with Gasteiger partial charge in [0.25, 0.3) is 0 Å². The molecule has 0 saturated carbocycles. The Bertz CT molecular complexity index is 1160. The molecule has 1 amide bonds.